The first-order valence-corrected chi connectivity index (χ1v) is 11.1. The van der Waals surface area contributed by atoms with E-state index in [2.05, 4.69) is 27.7 Å². The average molecular weight is 462 g/mol. The Labute approximate surface area is 197 Å². The Hall–Kier alpha value is -3.48. The third-order valence-electron chi connectivity index (χ3n) is 5.53. The van der Waals surface area contributed by atoms with Crippen molar-refractivity contribution in [1.82, 2.24) is 4.90 Å². The number of carbonyl (C=O) groups is 1. The van der Waals surface area contributed by atoms with E-state index >= 15 is 0 Å². The van der Waals surface area contributed by atoms with Crippen LogP contribution in [0.15, 0.2) is 60.7 Å². The maximum Gasteiger partial charge on any atom is 0.258 e. The molecule has 6 nitrogen and oxygen atoms in total. The number of benzene rings is 3. The molecular weight excluding hydrogens is 438 g/mol. The van der Waals surface area contributed by atoms with E-state index in [0.717, 1.165) is 23.4 Å². The Balaban J connectivity index is 1.61. The summed E-state index contributed by atoms with van der Waals surface area (Å²) in [7, 11) is 4.08. The van der Waals surface area contributed by atoms with Crippen molar-refractivity contribution in [1.29, 1.82) is 0 Å². The summed E-state index contributed by atoms with van der Waals surface area (Å²) in [5, 5.41) is 6.99. The Kier molecular flexibility index (Phi) is 5.70. The van der Waals surface area contributed by atoms with Crippen molar-refractivity contribution >= 4 is 40.2 Å². The molecule has 0 saturated carbocycles. The summed E-state index contributed by atoms with van der Waals surface area (Å²) in [5.74, 6) is 1.18. The standard InChI is InChI=1S/C26H24ClN3O3/c1-30(2)15-16-3-7-19(8-4-16)28-25(17-5-10-22-23(13-17)33-12-11-32-22)24-20-9-6-18(27)14-21(20)29-26(24)31/h3-10,13-14,28H,11-12,15H2,1-2H3,(H,29,31). The number of halogens is 1. The molecule has 0 radical (unpaired) electrons. The van der Waals surface area contributed by atoms with E-state index in [4.69, 9.17) is 21.1 Å². The summed E-state index contributed by atoms with van der Waals surface area (Å²) in [5.41, 5.74) is 5.64. The number of rotatable bonds is 5. The predicted octanol–water partition coefficient (Wildman–Crippen LogP) is 5.11. The summed E-state index contributed by atoms with van der Waals surface area (Å²) in [4.78, 5) is 15.2. The Morgan fingerprint density at radius 1 is 1.00 bits per heavy atom. The van der Waals surface area contributed by atoms with Crippen molar-refractivity contribution in [2.45, 2.75) is 6.54 Å². The van der Waals surface area contributed by atoms with Gasteiger partial charge in [0.25, 0.3) is 5.91 Å². The molecule has 0 aromatic heterocycles. The third kappa shape index (κ3) is 4.40. The lowest BCUT2D eigenvalue weighted by Gasteiger charge is -2.21. The van der Waals surface area contributed by atoms with Gasteiger partial charge in [0.2, 0.25) is 0 Å². The molecule has 0 unspecified atom stereocenters. The zero-order valence-electron chi connectivity index (χ0n) is 18.4. The summed E-state index contributed by atoms with van der Waals surface area (Å²) in [6, 6.07) is 19.3. The van der Waals surface area contributed by atoms with Crippen LogP contribution in [-0.2, 0) is 11.3 Å². The Morgan fingerprint density at radius 2 is 1.76 bits per heavy atom. The first kappa shape index (κ1) is 21.4. The lowest BCUT2D eigenvalue weighted by atomic mass is 9.99. The fourth-order valence-corrected chi connectivity index (χ4v) is 4.25. The van der Waals surface area contributed by atoms with Crippen LogP contribution in [0.5, 0.6) is 11.5 Å². The minimum absolute atomic E-state index is 0.186. The van der Waals surface area contributed by atoms with Gasteiger partial charge >= 0.3 is 0 Å². The molecular formula is C26H24ClN3O3. The van der Waals surface area contributed by atoms with Gasteiger partial charge < -0.3 is 25.0 Å². The number of hydrogen-bond acceptors (Lipinski definition) is 5. The van der Waals surface area contributed by atoms with E-state index < -0.39 is 0 Å². The van der Waals surface area contributed by atoms with E-state index in [1.54, 1.807) is 12.1 Å². The normalized spacial score (nSPS) is 15.8. The van der Waals surface area contributed by atoms with E-state index in [-0.39, 0.29) is 5.91 Å². The van der Waals surface area contributed by atoms with E-state index in [1.165, 1.54) is 5.56 Å². The molecule has 0 spiro atoms. The summed E-state index contributed by atoms with van der Waals surface area (Å²) >= 11 is 6.16. The van der Waals surface area contributed by atoms with Crippen LogP contribution in [-0.4, -0.2) is 38.1 Å². The van der Waals surface area contributed by atoms with Gasteiger partial charge in [0.05, 0.1) is 17.0 Å². The van der Waals surface area contributed by atoms with Gasteiger partial charge in [-0.25, -0.2) is 0 Å². The van der Waals surface area contributed by atoms with Crippen LogP contribution in [0.1, 0.15) is 16.7 Å². The molecule has 1 amide bonds. The molecule has 168 valence electrons. The zero-order chi connectivity index (χ0) is 22.9. The lowest BCUT2D eigenvalue weighted by molar-refractivity contribution is -0.110. The maximum absolute atomic E-state index is 13.1. The van der Waals surface area contributed by atoms with Crippen LogP contribution in [0, 0.1) is 0 Å². The van der Waals surface area contributed by atoms with Gasteiger partial charge in [0.15, 0.2) is 11.5 Å². The van der Waals surface area contributed by atoms with Crippen LogP contribution in [0.2, 0.25) is 5.02 Å². The highest BCUT2D eigenvalue weighted by Crippen LogP contribution is 2.41. The van der Waals surface area contributed by atoms with E-state index in [0.29, 0.717) is 46.7 Å². The first-order chi connectivity index (χ1) is 16.0. The van der Waals surface area contributed by atoms with Gasteiger partial charge in [-0.3, -0.25) is 4.79 Å². The van der Waals surface area contributed by atoms with Crippen LogP contribution in [0.4, 0.5) is 11.4 Å². The molecule has 2 N–H and O–H groups in total. The average Bonchev–Trinajstić information content (AvgIpc) is 3.12. The molecule has 3 aromatic carbocycles. The number of amides is 1. The fraction of sp³-hybridized carbons (Fsp3) is 0.192. The number of fused-ring (bicyclic) bond motifs is 2. The highest BCUT2D eigenvalue weighted by atomic mass is 35.5. The van der Waals surface area contributed by atoms with Crippen LogP contribution in [0.3, 0.4) is 0 Å². The second-order valence-electron chi connectivity index (χ2n) is 8.31. The summed E-state index contributed by atoms with van der Waals surface area (Å²) in [6.45, 7) is 1.87. The lowest BCUT2D eigenvalue weighted by Crippen LogP contribution is -2.16. The van der Waals surface area contributed by atoms with Crippen molar-refractivity contribution in [3.05, 3.63) is 82.4 Å². The molecule has 0 bridgehead atoms. The Bertz CT molecular complexity index is 1250. The van der Waals surface area contributed by atoms with Gasteiger partial charge in [0, 0.05) is 28.4 Å². The maximum atomic E-state index is 13.1. The predicted molar refractivity (Wildman–Crippen MR) is 132 cm³/mol. The summed E-state index contributed by atoms with van der Waals surface area (Å²) in [6.07, 6.45) is 0. The second kappa shape index (κ2) is 8.81. The first-order valence-electron chi connectivity index (χ1n) is 10.7. The molecule has 0 fully saturated rings. The summed E-state index contributed by atoms with van der Waals surface area (Å²) < 4.78 is 11.5. The topological polar surface area (TPSA) is 62.8 Å². The molecule has 0 saturated heterocycles. The van der Waals surface area contributed by atoms with Crippen molar-refractivity contribution in [2.24, 2.45) is 0 Å². The molecule has 33 heavy (non-hydrogen) atoms. The van der Waals surface area contributed by atoms with E-state index in [1.807, 2.05) is 50.5 Å². The van der Waals surface area contributed by atoms with Gasteiger partial charge in [-0.15, -0.1) is 0 Å². The number of hydrogen-bond donors (Lipinski definition) is 2. The minimum Gasteiger partial charge on any atom is -0.486 e. The molecule has 3 aromatic rings. The molecule has 0 aliphatic carbocycles. The molecule has 7 heteroatoms. The molecule has 2 heterocycles. The van der Waals surface area contributed by atoms with Crippen LogP contribution in [0.25, 0.3) is 11.3 Å². The zero-order valence-corrected chi connectivity index (χ0v) is 19.2. The van der Waals surface area contributed by atoms with Gasteiger partial charge in [0.1, 0.15) is 13.2 Å². The SMILES string of the molecule is CN(C)Cc1ccc(NC(=C2C(=O)Nc3cc(Cl)ccc32)c2ccc3c(c2)OCCO3)cc1. The minimum atomic E-state index is -0.186. The van der Waals surface area contributed by atoms with Crippen molar-refractivity contribution < 1.29 is 14.3 Å². The van der Waals surface area contributed by atoms with E-state index in [9.17, 15) is 4.79 Å². The van der Waals surface area contributed by atoms with Crippen molar-refractivity contribution in [2.75, 3.05) is 37.9 Å². The number of nitrogens with one attached hydrogen (secondary N) is 2. The molecule has 0 atom stereocenters. The second-order valence-corrected chi connectivity index (χ2v) is 8.75. The fourth-order valence-electron chi connectivity index (χ4n) is 4.07. The molecule has 2 aliphatic heterocycles. The smallest absolute Gasteiger partial charge is 0.258 e. The van der Waals surface area contributed by atoms with Gasteiger partial charge in [-0.05, 0) is 62.1 Å². The Morgan fingerprint density at radius 3 is 2.52 bits per heavy atom. The monoisotopic (exact) mass is 461 g/mol. The van der Waals surface area contributed by atoms with Gasteiger partial charge in [-0.2, -0.15) is 0 Å². The highest BCUT2D eigenvalue weighted by Gasteiger charge is 2.29. The third-order valence-corrected chi connectivity index (χ3v) is 5.76. The van der Waals surface area contributed by atoms with Crippen LogP contribution < -0.4 is 20.1 Å². The molecule has 2 aliphatic rings. The van der Waals surface area contributed by atoms with Crippen LogP contribution >= 0.6 is 11.6 Å². The van der Waals surface area contributed by atoms with Crippen molar-refractivity contribution in [3.8, 4) is 11.5 Å². The van der Waals surface area contributed by atoms with Crippen molar-refractivity contribution in [3.63, 3.8) is 0 Å². The molecule has 5 rings (SSSR count). The largest absolute Gasteiger partial charge is 0.486 e. The quantitative estimate of drug-likeness (QED) is 0.517. The number of ether oxygens (including phenoxy) is 2. The number of anilines is 2. The number of carbonyl (C=O) groups excluding carboxylic acids is 1. The number of nitrogens with zero attached hydrogens (tertiary/aromatic N) is 1. The highest BCUT2D eigenvalue weighted by molar-refractivity contribution is 6.38. The van der Waals surface area contributed by atoms with Gasteiger partial charge in [-0.1, -0.05) is 29.8 Å².